The molecule has 0 heterocycles. The number of unbranched alkanes of at least 4 members (excludes halogenated alkanes) is 2. The minimum Gasteiger partial charge on any atom is -0.493 e. The Morgan fingerprint density at radius 2 is 1.66 bits per heavy atom. The van der Waals surface area contributed by atoms with Crippen LogP contribution in [0, 0.1) is 12.8 Å². The zero-order chi connectivity index (χ0) is 21.1. The smallest absolute Gasteiger partial charge is 0.130 e. The number of hydrogen-bond donors (Lipinski definition) is 0. The molecule has 0 spiro atoms. The van der Waals surface area contributed by atoms with Gasteiger partial charge in [0.2, 0.25) is 0 Å². The molecule has 0 aromatic heterocycles. The molecule has 0 N–H and O–H groups in total. The third-order valence-electron chi connectivity index (χ3n) is 5.76. The Morgan fingerprint density at radius 3 is 2.34 bits per heavy atom. The Morgan fingerprint density at radius 1 is 0.897 bits per heavy atom. The van der Waals surface area contributed by atoms with Crippen molar-refractivity contribution in [1.82, 2.24) is 0 Å². The Bertz CT molecular complexity index is 728. The molecule has 0 amide bonds. The van der Waals surface area contributed by atoms with Gasteiger partial charge in [0.1, 0.15) is 11.5 Å². The first-order valence-corrected chi connectivity index (χ1v) is 12.0. The summed E-state index contributed by atoms with van der Waals surface area (Å²) in [6.45, 7) is 10.3. The lowest BCUT2D eigenvalue weighted by molar-refractivity contribution is 0.234. The molecule has 0 saturated carbocycles. The molecular formula is C26H39ClO2. The fourth-order valence-corrected chi connectivity index (χ4v) is 3.87. The van der Waals surface area contributed by atoms with Crippen LogP contribution in [-0.2, 0) is 0 Å². The molecule has 2 unspecified atom stereocenters. The number of alkyl halides is 1. The standard InChI is InChI=1S/C26H39ClO2/c1-5-8-13-21(6-2)19-29-26-20(4)18-25(23-15-9-10-16-24(23)26)28-17-12-11-14-22(27)7-3/h9-10,15-16,18,21-22H,5-8,11-14,17,19H2,1-4H3. The second-order valence-corrected chi connectivity index (χ2v) is 8.76. The average Bonchev–Trinajstić information content (AvgIpc) is 2.74. The molecule has 0 aliphatic heterocycles. The van der Waals surface area contributed by atoms with Crippen LogP contribution in [0.2, 0.25) is 0 Å². The number of hydrogen-bond acceptors (Lipinski definition) is 2. The van der Waals surface area contributed by atoms with Gasteiger partial charge in [0.05, 0.1) is 13.2 Å². The van der Waals surface area contributed by atoms with Gasteiger partial charge in [-0.3, -0.25) is 0 Å². The molecule has 0 aliphatic rings. The van der Waals surface area contributed by atoms with Crippen molar-refractivity contribution in [3.05, 3.63) is 35.9 Å². The molecule has 0 bridgehead atoms. The largest absolute Gasteiger partial charge is 0.493 e. The van der Waals surface area contributed by atoms with Gasteiger partial charge in [-0.25, -0.2) is 0 Å². The van der Waals surface area contributed by atoms with E-state index in [1.807, 2.05) is 0 Å². The monoisotopic (exact) mass is 418 g/mol. The van der Waals surface area contributed by atoms with Gasteiger partial charge in [0.15, 0.2) is 0 Å². The van der Waals surface area contributed by atoms with E-state index in [2.05, 4.69) is 58.0 Å². The van der Waals surface area contributed by atoms with E-state index < -0.39 is 0 Å². The lowest BCUT2D eigenvalue weighted by Gasteiger charge is -2.20. The predicted octanol–water partition coefficient (Wildman–Crippen LogP) is 8.31. The van der Waals surface area contributed by atoms with Crippen molar-refractivity contribution in [2.75, 3.05) is 13.2 Å². The number of ether oxygens (including phenoxy) is 2. The Balaban J connectivity index is 2.06. The van der Waals surface area contributed by atoms with Gasteiger partial charge in [-0.2, -0.15) is 0 Å². The van der Waals surface area contributed by atoms with E-state index in [4.69, 9.17) is 21.1 Å². The topological polar surface area (TPSA) is 18.5 Å². The van der Waals surface area contributed by atoms with E-state index in [9.17, 15) is 0 Å². The van der Waals surface area contributed by atoms with Gasteiger partial charge in [0.25, 0.3) is 0 Å². The van der Waals surface area contributed by atoms with Crippen LogP contribution in [-0.4, -0.2) is 18.6 Å². The first-order valence-electron chi connectivity index (χ1n) is 11.5. The van der Waals surface area contributed by atoms with Crippen LogP contribution < -0.4 is 9.47 Å². The molecule has 0 aliphatic carbocycles. The van der Waals surface area contributed by atoms with E-state index >= 15 is 0 Å². The maximum Gasteiger partial charge on any atom is 0.130 e. The van der Waals surface area contributed by atoms with Crippen molar-refractivity contribution in [3.8, 4) is 11.5 Å². The van der Waals surface area contributed by atoms with E-state index in [0.717, 1.165) is 66.7 Å². The third-order valence-corrected chi connectivity index (χ3v) is 6.29. The highest BCUT2D eigenvalue weighted by Gasteiger charge is 2.14. The summed E-state index contributed by atoms with van der Waals surface area (Å²) in [4.78, 5) is 0. The van der Waals surface area contributed by atoms with Gasteiger partial charge >= 0.3 is 0 Å². The van der Waals surface area contributed by atoms with Crippen molar-refractivity contribution in [2.24, 2.45) is 5.92 Å². The fourth-order valence-electron chi connectivity index (χ4n) is 3.71. The summed E-state index contributed by atoms with van der Waals surface area (Å²) < 4.78 is 12.5. The molecule has 0 fully saturated rings. The quantitative estimate of drug-likeness (QED) is 0.227. The van der Waals surface area contributed by atoms with Crippen LogP contribution in [0.5, 0.6) is 11.5 Å². The zero-order valence-electron chi connectivity index (χ0n) is 18.8. The van der Waals surface area contributed by atoms with Gasteiger partial charge in [0, 0.05) is 16.1 Å². The van der Waals surface area contributed by atoms with Crippen molar-refractivity contribution in [1.29, 1.82) is 0 Å². The summed E-state index contributed by atoms with van der Waals surface area (Å²) in [5.41, 5.74) is 1.15. The Kier molecular flexibility index (Phi) is 10.7. The Hall–Kier alpha value is -1.41. The first kappa shape index (κ1) is 23.9. The van der Waals surface area contributed by atoms with Crippen LogP contribution >= 0.6 is 11.6 Å². The number of benzene rings is 2. The second-order valence-electron chi connectivity index (χ2n) is 8.14. The molecule has 2 aromatic carbocycles. The molecule has 29 heavy (non-hydrogen) atoms. The summed E-state index contributed by atoms with van der Waals surface area (Å²) in [5, 5.41) is 2.58. The molecule has 0 radical (unpaired) electrons. The summed E-state index contributed by atoms with van der Waals surface area (Å²) in [6.07, 6.45) is 9.16. The van der Waals surface area contributed by atoms with Crippen LogP contribution in [0.4, 0.5) is 0 Å². The zero-order valence-corrected chi connectivity index (χ0v) is 19.6. The molecule has 2 aromatic rings. The minimum atomic E-state index is 0.291. The highest BCUT2D eigenvalue weighted by atomic mass is 35.5. The van der Waals surface area contributed by atoms with Crippen molar-refractivity contribution < 1.29 is 9.47 Å². The van der Waals surface area contributed by atoms with Crippen molar-refractivity contribution >= 4 is 22.4 Å². The molecule has 162 valence electrons. The van der Waals surface area contributed by atoms with Crippen LogP contribution in [0.15, 0.2) is 30.3 Å². The minimum absolute atomic E-state index is 0.291. The number of halogens is 1. The highest BCUT2D eigenvalue weighted by Crippen LogP contribution is 2.37. The highest BCUT2D eigenvalue weighted by molar-refractivity contribution is 6.20. The normalized spacial score (nSPS) is 13.4. The van der Waals surface area contributed by atoms with Crippen LogP contribution in [0.3, 0.4) is 0 Å². The van der Waals surface area contributed by atoms with Crippen LogP contribution in [0.1, 0.15) is 77.7 Å². The lowest BCUT2D eigenvalue weighted by Crippen LogP contribution is -2.12. The summed E-state index contributed by atoms with van der Waals surface area (Å²) in [6, 6.07) is 10.6. The molecule has 0 saturated heterocycles. The predicted molar refractivity (Wildman–Crippen MR) is 127 cm³/mol. The van der Waals surface area contributed by atoms with Gasteiger partial charge < -0.3 is 9.47 Å². The molecule has 2 atom stereocenters. The van der Waals surface area contributed by atoms with E-state index in [1.165, 1.54) is 25.7 Å². The lowest BCUT2D eigenvalue weighted by atomic mass is 10.00. The van der Waals surface area contributed by atoms with Crippen molar-refractivity contribution in [2.45, 2.75) is 84.4 Å². The summed E-state index contributed by atoms with van der Waals surface area (Å²) >= 11 is 6.21. The Labute approximate surface area is 182 Å². The fraction of sp³-hybridized carbons (Fsp3) is 0.615. The van der Waals surface area contributed by atoms with E-state index in [1.54, 1.807) is 0 Å². The molecule has 2 nitrogen and oxygen atoms in total. The molecule has 3 heteroatoms. The summed E-state index contributed by atoms with van der Waals surface area (Å²) in [7, 11) is 0. The first-order chi connectivity index (χ1) is 14.1. The molecular weight excluding hydrogens is 380 g/mol. The van der Waals surface area contributed by atoms with E-state index in [0.29, 0.717) is 11.3 Å². The van der Waals surface area contributed by atoms with Gasteiger partial charge in [-0.1, -0.05) is 64.3 Å². The SMILES string of the molecule is CCCCC(CC)COc1c(C)cc(OCCCCC(Cl)CC)c2ccccc12. The van der Waals surface area contributed by atoms with Crippen LogP contribution in [0.25, 0.3) is 10.8 Å². The maximum absolute atomic E-state index is 6.37. The second kappa shape index (κ2) is 13.0. The number of rotatable bonds is 14. The summed E-state index contributed by atoms with van der Waals surface area (Å²) in [5.74, 6) is 2.59. The molecule has 2 rings (SSSR count). The van der Waals surface area contributed by atoms with Gasteiger partial charge in [-0.15, -0.1) is 11.6 Å². The van der Waals surface area contributed by atoms with E-state index in [-0.39, 0.29) is 0 Å². The van der Waals surface area contributed by atoms with Gasteiger partial charge in [-0.05, 0) is 56.6 Å². The maximum atomic E-state index is 6.37. The average molecular weight is 419 g/mol. The number of fused-ring (bicyclic) bond motifs is 1. The number of aryl methyl sites for hydroxylation is 1. The third kappa shape index (κ3) is 7.41. The van der Waals surface area contributed by atoms with Crippen molar-refractivity contribution in [3.63, 3.8) is 0 Å².